The van der Waals surface area contributed by atoms with Gasteiger partial charge in [0.05, 0.1) is 23.8 Å². The van der Waals surface area contributed by atoms with Gasteiger partial charge < -0.3 is 4.74 Å². The molecule has 1 rings (SSSR count). The molecule has 3 nitrogen and oxygen atoms in total. The molecule has 0 atom stereocenters. The predicted octanol–water partition coefficient (Wildman–Crippen LogP) is 2.86. The number of carbonyl (C=O) groups is 1. The van der Waals surface area contributed by atoms with Gasteiger partial charge in [0.25, 0.3) is 0 Å². The summed E-state index contributed by atoms with van der Waals surface area (Å²) >= 11 is 0. The second-order valence-corrected chi connectivity index (χ2v) is 3.70. The molecule has 0 fully saturated rings. The van der Waals surface area contributed by atoms with E-state index in [1.807, 2.05) is 19.9 Å². The highest BCUT2D eigenvalue weighted by atomic mass is 16.5. The van der Waals surface area contributed by atoms with Crippen LogP contribution in [0.5, 0.6) is 0 Å². The van der Waals surface area contributed by atoms with Gasteiger partial charge in [0, 0.05) is 0 Å². The van der Waals surface area contributed by atoms with E-state index in [2.05, 4.69) is 6.07 Å². The summed E-state index contributed by atoms with van der Waals surface area (Å²) < 4.78 is 4.95. The topological polar surface area (TPSA) is 50.1 Å². The summed E-state index contributed by atoms with van der Waals surface area (Å²) in [6, 6.07) is 5.60. The molecule has 0 amide bonds. The second-order valence-electron chi connectivity index (χ2n) is 3.70. The van der Waals surface area contributed by atoms with Gasteiger partial charge in [0.15, 0.2) is 0 Å². The molecule has 0 bridgehead atoms. The standard InChI is InChI=1S/C14H17NO2/c1-4-10-7-11(14(16)17-6-3)8-12(9-15)13(10)5-2/h7-8H,4-6H2,1-3H3. The Balaban J connectivity index is 3.28. The second kappa shape index (κ2) is 6.05. The van der Waals surface area contributed by atoms with Crippen molar-refractivity contribution < 1.29 is 9.53 Å². The van der Waals surface area contributed by atoms with Gasteiger partial charge in [-0.05, 0) is 43.0 Å². The molecule has 0 saturated carbocycles. The molecule has 0 N–H and O–H groups in total. The van der Waals surface area contributed by atoms with E-state index in [1.165, 1.54) is 0 Å². The minimum Gasteiger partial charge on any atom is -0.462 e. The number of benzene rings is 1. The maximum absolute atomic E-state index is 11.6. The van der Waals surface area contributed by atoms with Gasteiger partial charge in [-0.3, -0.25) is 0 Å². The number of nitrogens with zero attached hydrogens (tertiary/aromatic N) is 1. The summed E-state index contributed by atoms with van der Waals surface area (Å²) in [7, 11) is 0. The van der Waals surface area contributed by atoms with Crippen LogP contribution in [-0.4, -0.2) is 12.6 Å². The third-order valence-electron chi connectivity index (χ3n) is 2.71. The largest absolute Gasteiger partial charge is 0.462 e. The lowest BCUT2D eigenvalue weighted by atomic mass is 9.95. The first-order valence-corrected chi connectivity index (χ1v) is 5.90. The smallest absolute Gasteiger partial charge is 0.338 e. The molecule has 0 saturated heterocycles. The Morgan fingerprint density at radius 2 is 2.00 bits per heavy atom. The van der Waals surface area contributed by atoms with E-state index >= 15 is 0 Å². The van der Waals surface area contributed by atoms with E-state index in [0.29, 0.717) is 17.7 Å². The van der Waals surface area contributed by atoms with E-state index in [4.69, 9.17) is 10.00 Å². The molecule has 0 spiro atoms. The Morgan fingerprint density at radius 3 is 2.47 bits per heavy atom. The van der Waals surface area contributed by atoms with Gasteiger partial charge in [-0.1, -0.05) is 13.8 Å². The highest BCUT2D eigenvalue weighted by Gasteiger charge is 2.13. The van der Waals surface area contributed by atoms with E-state index in [-0.39, 0.29) is 5.97 Å². The zero-order valence-corrected chi connectivity index (χ0v) is 10.5. The Labute approximate surface area is 102 Å². The fourth-order valence-corrected chi connectivity index (χ4v) is 1.90. The first-order valence-electron chi connectivity index (χ1n) is 5.90. The van der Waals surface area contributed by atoms with Crippen molar-refractivity contribution in [2.45, 2.75) is 33.6 Å². The molecule has 0 radical (unpaired) electrons. The molecule has 90 valence electrons. The van der Waals surface area contributed by atoms with Crippen molar-refractivity contribution in [2.24, 2.45) is 0 Å². The molecule has 0 heterocycles. The Kier molecular flexibility index (Phi) is 4.71. The van der Waals surface area contributed by atoms with Crippen LogP contribution in [0.1, 0.15) is 47.8 Å². The normalized spacial score (nSPS) is 9.76. The van der Waals surface area contributed by atoms with Crippen LogP contribution in [0, 0.1) is 11.3 Å². The minimum absolute atomic E-state index is 0.345. The van der Waals surface area contributed by atoms with Crippen LogP contribution in [0.25, 0.3) is 0 Å². The number of carbonyl (C=O) groups excluding carboxylic acids is 1. The summed E-state index contributed by atoms with van der Waals surface area (Å²) in [5.41, 5.74) is 3.13. The zero-order valence-electron chi connectivity index (χ0n) is 10.5. The highest BCUT2D eigenvalue weighted by molar-refractivity contribution is 5.90. The first-order chi connectivity index (χ1) is 8.17. The van der Waals surface area contributed by atoms with Crippen LogP contribution in [0.3, 0.4) is 0 Å². The van der Waals surface area contributed by atoms with Gasteiger partial charge in [-0.25, -0.2) is 4.79 Å². The van der Waals surface area contributed by atoms with E-state index < -0.39 is 0 Å². The van der Waals surface area contributed by atoms with Crippen molar-refractivity contribution in [2.75, 3.05) is 6.61 Å². The predicted molar refractivity (Wildman–Crippen MR) is 65.9 cm³/mol. The monoisotopic (exact) mass is 231 g/mol. The van der Waals surface area contributed by atoms with E-state index in [1.54, 1.807) is 13.0 Å². The fourth-order valence-electron chi connectivity index (χ4n) is 1.90. The Morgan fingerprint density at radius 1 is 1.29 bits per heavy atom. The molecule has 0 aliphatic carbocycles. The summed E-state index contributed by atoms with van der Waals surface area (Å²) in [6.45, 7) is 6.14. The van der Waals surface area contributed by atoms with E-state index in [0.717, 1.165) is 24.0 Å². The quantitative estimate of drug-likeness (QED) is 0.749. The first kappa shape index (κ1) is 13.2. The molecule has 0 aliphatic heterocycles. The minimum atomic E-state index is -0.360. The van der Waals surface area contributed by atoms with Crippen LogP contribution in [-0.2, 0) is 17.6 Å². The molecule has 1 aromatic rings. The number of ether oxygens (including phenoxy) is 1. The summed E-state index contributed by atoms with van der Waals surface area (Å²) in [5, 5.41) is 9.10. The van der Waals surface area contributed by atoms with Crippen LogP contribution < -0.4 is 0 Å². The van der Waals surface area contributed by atoms with Gasteiger partial charge in [0.1, 0.15) is 0 Å². The van der Waals surface area contributed by atoms with Crippen molar-refractivity contribution in [3.05, 3.63) is 34.4 Å². The van der Waals surface area contributed by atoms with Crippen molar-refractivity contribution in [1.82, 2.24) is 0 Å². The molecule has 0 unspecified atom stereocenters. The fraction of sp³-hybridized carbons (Fsp3) is 0.429. The van der Waals surface area contributed by atoms with Crippen molar-refractivity contribution in [3.63, 3.8) is 0 Å². The number of hydrogen-bond donors (Lipinski definition) is 0. The SMILES string of the molecule is CCOC(=O)c1cc(C#N)c(CC)c(CC)c1. The summed E-state index contributed by atoms with van der Waals surface area (Å²) in [6.07, 6.45) is 1.61. The lowest BCUT2D eigenvalue weighted by Gasteiger charge is -2.10. The average Bonchev–Trinajstić information content (AvgIpc) is 2.37. The van der Waals surface area contributed by atoms with E-state index in [9.17, 15) is 4.79 Å². The van der Waals surface area contributed by atoms with Crippen LogP contribution in [0.4, 0.5) is 0 Å². The number of esters is 1. The maximum Gasteiger partial charge on any atom is 0.338 e. The third kappa shape index (κ3) is 2.85. The summed E-state index contributed by atoms with van der Waals surface area (Å²) in [4.78, 5) is 11.6. The zero-order chi connectivity index (χ0) is 12.8. The lowest BCUT2D eigenvalue weighted by molar-refractivity contribution is 0.0526. The van der Waals surface area contributed by atoms with Crippen LogP contribution in [0.2, 0.25) is 0 Å². The number of nitriles is 1. The molecule has 0 aliphatic rings. The van der Waals surface area contributed by atoms with Crippen LogP contribution >= 0.6 is 0 Å². The molecule has 1 aromatic carbocycles. The van der Waals surface area contributed by atoms with Gasteiger partial charge in [-0.2, -0.15) is 5.26 Å². The van der Waals surface area contributed by atoms with Crippen LogP contribution in [0.15, 0.2) is 12.1 Å². The van der Waals surface area contributed by atoms with Crippen molar-refractivity contribution >= 4 is 5.97 Å². The Bertz CT molecular complexity index is 458. The summed E-state index contributed by atoms with van der Waals surface area (Å²) in [5.74, 6) is -0.360. The van der Waals surface area contributed by atoms with Gasteiger partial charge in [0.2, 0.25) is 0 Å². The van der Waals surface area contributed by atoms with Crippen molar-refractivity contribution in [1.29, 1.82) is 5.26 Å². The van der Waals surface area contributed by atoms with Crippen molar-refractivity contribution in [3.8, 4) is 6.07 Å². The molecule has 17 heavy (non-hydrogen) atoms. The Hall–Kier alpha value is -1.82. The highest BCUT2D eigenvalue weighted by Crippen LogP contribution is 2.19. The number of aryl methyl sites for hydroxylation is 1. The lowest BCUT2D eigenvalue weighted by Crippen LogP contribution is -2.07. The van der Waals surface area contributed by atoms with Gasteiger partial charge in [-0.15, -0.1) is 0 Å². The number of rotatable bonds is 4. The van der Waals surface area contributed by atoms with Gasteiger partial charge >= 0.3 is 5.97 Å². The third-order valence-corrected chi connectivity index (χ3v) is 2.71. The average molecular weight is 231 g/mol. The maximum atomic E-state index is 11.6. The molecular weight excluding hydrogens is 214 g/mol. The molecule has 0 aromatic heterocycles. The number of hydrogen-bond acceptors (Lipinski definition) is 3. The molecule has 3 heteroatoms. The molecular formula is C14H17NO2.